The molecule has 52 heavy (non-hydrogen) atoms. The van der Waals surface area contributed by atoms with Crippen LogP contribution in [0.2, 0.25) is 0 Å². The predicted octanol–water partition coefficient (Wildman–Crippen LogP) is 9.22. The number of alkyl halides is 1. The second kappa shape index (κ2) is 11.8. The Bertz CT molecular complexity index is 2820. The van der Waals surface area contributed by atoms with Crippen molar-refractivity contribution in [1.29, 1.82) is 0 Å². The number of aryl methyl sites for hydroxylation is 1. The van der Waals surface area contributed by atoms with E-state index in [4.69, 9.17) is 14.4 Å². The lowest BCUT2D eigenvalue weighted by molar-refractivity contribution is 0.402. The standard InChI is InChI=1S/C44H32FN4OPSi/c1-48-34-18-7-6-17-33(34)47-44(48)30-13-11-12-28(26-30)42(45)29-21-24-39-36(27-29)49(40-20-9-10-25-46-40)35-22-23-38-41(32-16-5-8-19-37(32)50-38)43(35)52(39,51)31-14-3-2-4-15-31/h2-27,42H,51H2,1H3. The second-order valence-corrected chi connectivity index (χ2v) is 19.2. The third-order valence-electron chi connectivity index (χ3n) is 10.5. The molecule has 250 valence electrons. The molecule has 0 aliphatic carbocycles. The quantitative estimate of drug-likeness (QED) is 0.132. The molecule has 0 amide bonds. The van der Waals surface area contributed by atoms with Crippen LogP contribution < -0.4 is 20.5 Å². The molecule has 3 aromatic heterocycles. The number of anilines is 3. The summed E-state index contributed by atoms with van der Waals surface area (Å²) in [7, 11) is 2.52. The van der Waals surface area contributed by atoms with E-state index in [1.165, 1.54) is 10.4 Å². The van der Waals surface area contributed by atoms with Crippen LogP contribution in [0.3, 0.4) is 0 Å². The van der Waals surface area contributed by atoms with Crippen LogP contribution in [0, 0.1) is 0 Å². The van der Waals surface area contributed by atoms with Crippen LogP contribution >= 0.6 is 8.79 Å². The van der Waals surface area contributed by atoms with Gasteiger partial charge in [-0.2, -0.15) is 0 Å². The van der Waals surface area contributed by atoms with Crippen molar-refractivity contribution in [2.24, 2.45) is 7.05 Å². The highest BCUT2D eigenvalue weighted by molar-refractivity contribution is 7.79. The fraction of sp³-hybridized carbons (Fsp3) is 0.0455. The lowest BCUT2D eigenvalue weighted by Crippen LogP contribution is -2.66. The van der Waals surface area contributed by atoms with E-state index in [0.717, 1.165) is 66.7 Å². The van der Waals surface area contributed by atoms with Gasteiger partial charge in [-0.25, -0.2) is 14.4 Å². The van der Waals surface area contributed by atoms with E-state index >= 15 is 4.39 Å². The van der Waals surface area contributed by atoms with Gasteiger partial charge in [-0.1, -0.05) is 97.1 Å². The van der Waals surface area contributed by atoms with E-state index in [0.29, 0.717) is 11.1 Å². The normalized spacial score (nSPS) is 15.9. The van der Waals surface area contributed by atoms with Crippen LogP contribution in [0.4, 0.5) is 21.6 Å². The predicted molar refractivity (Wildman–Crippen MR) is 216 cm³/mol. The molecule has 5 nitrogen and oxygen atoms in total. The zero-order valence-corrected chi connectivity index (χ0v) is 30.4. The maximum absolute atomic E-state index is 17.1. The molecule has 1 aliphatic rings. The summed E-state index contributed by atoms with van der Waals surface area (Å²) in [6, 6.07) is 51.0. The largest absolute Gasteiger partial charge is 0.456 e. The van der Waals surface area contributed by atoms with E-state index in [2.05, 4.69) is 85.0 Å². The minimum atomic E-state index is -2.83. The van der Waals surface area contributed by atoms with Gasteiger partial charge in [0.25, 0.3) is 0 Å². The molecule has 4 heterocycles. The van der Waals surface area contributed by atoms with E-state index in [1.807, 2.05) is 98.2 Å². The van der Waals surface area contributed by atoms with Gasteiger partial charge in [0.05, 0.1) is 11.0 Å². The Morgan fingerprint density at radius 1 is 0.712 bits per heavy atom. The van der Waals surface area contributed by atoms with Gasteiger partial charge in [0.2, 0.25) is 0 Å². The van der Waals surface area contributed by atoms with Crippen molar-refractivity contribution in [3.05, 3.63) is 169 Å². The molecule has 1 aliphatic heterocycles. The third-order valence-corrected chi connectivity index (χ3v) is 17.1. The van der Waals surface area contributed by atoms with Crippen molar-refractivity contribution in [3.8, 4) is 11.4 Å². The minimum Gasteiger partial charge on any atom is -0.456 e. The summed E-state index contributed by atoms with van der Waals surface area (Å²) in [5.74, 6) is 1.57. The molecule has 3 unspecified atom stereocenters. The van der Waals surface area contributed by atoms with Gasteiger partial charge in [-0.05, 0) is 81.3 Å². The molecule has 0 spiro atoms. The highest BCUT2D eigenvalue weighted by Gasteiger charge is 2.46. The Labute approximate surface area is 303 Å². The van der Waals surface area contributed by atoms with Gasteiger partial charge in [-0.15, -0.1) is 8.79 Å². The van der Waals surface area contributed by atoms with E-state index in [1.54, 1.807) is 0 Å². The molecular weight excluding hydrogens is 679 g/mol. The molecule has 0 saturated heterocycles. The van der Waals surface area contributed by atoms with Gasteiger partial charge in [0.15, 0.2) is 13.9 Å². The number of benzene rings is 6. The number of hydrogen-bond donors (Lipinski definition) is 0. The average molecular weight is 711 g/mol. The topological polar surface area (TPSA) is 47.1 Å². The number of halogens is 1. The van der Waals surface area contributed by atoms with Crippen molar-refractivity contribution >= 4 is 82.3 Å². The van der Waals surface area contributed by atoms with E-state index in [9.17, 15) is 0 Å². The van der Waals surface area contributed by atoms with Gasteiger partial charge < -0.3 is 8.98 Å². The molecule has 8 heteroatoms. The first-order valence-corrected chi connectivity index (χ1v) is 21.1. The number of rotatable bonds is 5. The average Bonchev–Trinajstić information content (AvgIpc) is 3.75. The van der Waals surface area contributed by atoms with Crippen LogP contribution in [-0.2, 0) is 7.05 Å². The van der Waals surface area contributed by atoms with E-state index in [-0.39, 0.29) is 0 Å². The Morgan fingerprint density at radius 2 is 1.50 bits per heavy atom. The van der Waals surface area contributed by atoms with Crippen LogP contribution in [0.15, 0.2) is 162 Å². The summed E-state index contributed by atoms with van der Waals surface area (Å²) in [6.07, 6.45) is 0.441. The zero-order valence-electron chi connectivity index (χ0n) is 28.2. The summed E-state index contributed by atoms with van der Waals surface area (Å²) < 4.78 is 25.6. The van der Waals surface area contributed by atoms with Gasteiger partial charge in [0.1, 0.15) is 22.8 Å². The van der Waals surface area contributed by atoms with Gasteiger partial charge in [0, 0.05) is 41.0 Å². The fourth-order valence-corrected chi connectivity index (χ4v) is 14.0. The second-order valence-electron chi connectivity index (χ2n) is 13.4. The van der Waals surface area contributed by atoms with Crippen molar-refractivity contribution in [3.63, 3.8) is 0 Å². The Kier molecular flexibility index (Phi) is 7.04. The number of aromatic nitrogens is 3. The lowest BCUT2D eigenvalue weighted by Gasteiger charge is -2.42. The molecule has 0 saturated carbocycles. The van der Waals surface area contributed by atoms with E-state index < -0.39 is 13.9 Å². The Hall–Kier alpha value is -5.88. The molecule has 10 rings (SSSR count). The highest BCUT2D eigenvalue weighted by Crippen LogP contribution is 2.44. The molecular formula is C44H32FN4OPSi. The number of furan rings is 1. The summed E-state index contributed by atoms with van der Waals surface area (Å²) in [5.41, 5.74) is 7.63. The van der Waals surface area contributed by atoms with Crippen molar-refractivity contribution in [2.45, 2.75) is 6.17 Å². The summed E-state index contributed by atoms with van der Waals surface area (Å²) in [5, 5.41) is 5.81. The molecule has 0 N–H and O–H groups in total. The first-order valence-electron chi connectivity index (χ1n) is 17.3. The Morgan fingerprint density at radius 3 is 2.35 bits per heavy atom. The number of pyridine rings is 1. The molecule has 6 aromatic carbocycles. The number of hydrogen-bond acceptors (Lipinski definition) is 4. The monoisotopic (exact) mass is 710 g/mol. The lowest BCUT2D eigenvalue weighted by atomic mass is 9.99. The molecule has 0 bridgehead atoms. The summed E-state index contributed by atoms with van der Waals surface area (Å²) in [4.78, 5) is 11.9. The number of fused-ring (bicyclic) bond motifs is 7. The number of nitrogens with zero attached hydrogens (tertiary/aromatic N) is 4. The molecule has 9 aromatic rings. The fourth-order valence-electron chi connectivity index (χ4n) is 8.05. The highest BCUT2D eigenvalue weighted by atomic mass is 31.3. The number of para-hydroxylation sites is 3. The molecule has 3 atom stereocenters. The minimum absolute atomic E-state index is 0.578. The van der Waals surface area contributed by atoms with Crippen molar-refractivity contribution in [1.82, 2.24) is 14.5 Å². The Balaban J connectivity index is 1.19. The van der Waals surface area contributed by atoms with Crippen LogP contribution in [0.5, 0.6) is 0 Å². The maximum atomic E-state index is 17.1. The number of imidazole rings is 1. The molecule has 0 radical (unpaired) electrons. The third kappa shape index (κ3) is 4.56. The summed E-state index contributed by atoms with van der Waals surface area (Å²) >= 11 is 0. The van der Waals surface area contributed by atoms with Crippen molar-refractivity contribution < 1.29 is 8.81 Å². The molecule has 0 fully saturated rings. The maximum Gasteiger partial charge on any atom is 0.174 e. The van der Waals surface area contributed by atoms with Crippen molar-refractivity contribution in [2.75, 3.05) is 4.90 Å². The smallest absolute Gasteiger partial charge is 0.174 e. The SMILES string of the molecule is Cn1c(-c2cccc(C(F)c3ccc4c(c3)N(c3ccccn3)c3ccc5oc6ccccc6c5c3[Si]4(P)c3ccccc3)c2)nc2ccccc21. The van der Waals surface area contributed by atoms with Gasteiger partial charge in [-0.3, -0.25) is 4.90 Å². The van der Waals surface area contributed by atoms with Gasteiger partial charge >= 0.3 is 0 Å². The van der Waals surface area contributed by atoms with Crippen LogP contribution in [0.25, 0.3) is 44.4 Å². The van der Waals surface area contributed by atoms with Crippen LogP contribution in [0.1, 0.15) is 17.3 Å². The summed E-state index contributed by atoms with van der Waals surface area (Å²) in [6.45, 7) is 0. The zero-order chi connectivity index (χ0) is 35.0. The first-order chi connectivity index (χ1) is 25.5. The first kappa shape index (κ1) is 30.9. The van der Waals surface area contributed by atoms with Crippen LogP contribution in [-0.4, -0.2) is 22.3 Å².